The molecule has 33 heavy (non-hydrogen) atoms. The molecule has 12 heteroatoms. The number of aliphatic carboxylic acids is 1. The molecule has 0 saturated heterocycles. The van der Waals surface area contributed by atoms with Crippen molar-refractivity contribution in [1.82, 2.24) is 21.3 Å². The van der Waals surface area contributed by atoms with Crippen molar-refractivity contribution in [3.63, 3.8) is 0 Å². The minimum Gasteiger partial charge on any atom is -0.481 e. The first-order valence-electron chi connectivity index (χ1n) is 10.5. The van der Waals surface area contributed by atoms with Crippen LogP contribution in [0.2, 0.25) is 0 Å². The molecule has 0 heterocycles. The lowest BCUT2D eigenvalue weighted by atomic mass is 9.82. The van der Waals surface area contributed by atoms with E-state index in [1.165, 1.54) is 0 Å². The van der Waals surface area contributed by atoms with Gasteiger partial charge < -0.3 is 36.8 Å². The number of hydrogen-bond donors (Lipinski definition) is 6. The Morgan fingerprint density at radius 3 is 2.27 bits per heavy atom. The van der Waals surface area contributed by atoms with E-state index in [9.17, 15) is 24.0 Å². The van der Waals surface area contributed by atoms with Crippen LogP contribution >= 0.6 is 0 Å². The van der Waals surface area contributed by atoms with E-state index in [4.69, 9.17) is 15.6 Å². The first kappa shape index (κ1) is 25.7. The third kappa shape index (κ3) is 9.25. The van der Waals surface area contributed by atoms with Crippen LogP contribution in [0.1, 0.15) is 18.4 Å². The molecule has 0 bridgehead atoms. The molecule has 12 nitrogen and oxygen atoms in total. The minimum atomic E-state index is -0.971. The Balaban J connectivity index is 1.78. The zero-order chi connectivity index (χ0) is 24.2. The van der Waals surface area contributed by atoms with Gasteiger partial charge in [0.1, 0.15) is 12.8 Å². The Morgan fingerprint density at radius 1 is 0.970 bits per heavy atom. The largest absolute Gasteiger partial charge is 0.481 e. The summed E-state index contributed by atoms with van der Waals surface area (Å²) in [6.45, 7) is -1.04. The van der Waals surface area contributed by atoms with Gasteiger partial charge in [0.15, 0.2) is 0 Å². The molecule has 1 aliphatic carbocycles. The van der Waals surface area contributed by atoms with E-state index in [1.807, 2.05) is 6.07 Å². The van der Waals surface area contributed by atoms with Crippen molar-refractivity contribution < 1.29 is 33.8 Å². The number of carbonyl (C=O) groups is 5. The van der Waals surface area contributed by atoms with Crippen LogP contribution in [0, 0.1) is 5.92 Å². The van der Waals surface area contributed by atoms with Crippen LogP contribution in [0.5, 0.6) is 0 Å². The molecular weight excluding hydrogens is 434 g/mol. The van der Waals surface area contributed by atoms with Gasteiger partial charge >= 0.3 is 5.97 Å². The second-order valence-corrected chi connectivity index (χ2v) is 7.55. The maximum absolute atomic E-state index is 12.6. The van der Waals surface area contributed by atoms with Gasteiger partial charge in [-0.05, 0) is 18.4 Å². The summed E-state index contributed by atoms with van der Waals surface area (Å²) in [6.07, 6.45) is 0.759. The molecule has 0 aliphatic heterocycles. The molecule has 2 rings (SSSR count). The standard InChI is InChI=1S/C21H29N5O7/c22-9-17(27)23-11-19(29)26-16(6-13-4-2-1-3-5-13)20(30)24-10-18(28)25-12-33-15-7-14(8-15)21(31)32/h1-5,14-16H,6-12,22H2,(H,23,27)(H,24,30)(H,25,28)(H,26,29)(H,31,32)/t14?,15?,16-/m0/s1. The molecule has 1 aromatic carbocycles. The zero-order valence-electron chi connectivity index (χ0n) is 18.0. The number of ether oxygens (including phenoxy) is 1. The van der Waals surface area contributed by atoms with Crippen LogP contribution in [0.3, 0.4) is 0 Å². The quantitative estimate of drug-likeness (QED) is 0.179. The van der Waals surface area contributed by atoms with Gasteiger partial charge in [0, 0.05) is 6.42 Å². The predicted molar refractivity (Wildman–Crippen MR) is 115 cm³/mol. The Labute approximate surface area is 190 Å². The number of amides is 4. The molecule has 1 saturated carbocycles. The van der Waals surface area contributed by atoms with Gasteiger partial charge in [-0.15, -0.1) is 0 Å². The summed E-state index contributed by atoms with van der Waals surface area (Å²) in [6, 6.07) is 8.02. The molecule has 0 spiro atoms. The fourth-order valence-electron chi connectivity index (χ4n) is 3.05. The summed E-state index contributed by atoms with van der Waals surface area (Å²) in [5.74, 6) is -3.43. The minimum absolute atomic E-state index is 0.100. The molecule has 4 amide bonds. The molecule has 1 atom stereocenters. The van der Waals surface area contributed by atoms with Crippen LogP contribution in [-0.4, -0.2) is 73.2 Å². The van der Waals surface area contributed by atoms with E-state index in [-0.39, 0.29) is 38.9 Å². The monoisotopic (exact) mass is 463 g/mol. The van der Waals surface area contributed by atoms with E-state index < -0.39 is 41.6 Å². The van der Waals surface area contributed by atoms with E-state index in [0.29, 0.717) is 12.8 Å². The SMILES string of the molecule is NCC(=O)NCC(=O)N[C@@H](Cc1ccccc1)C(=O)NCC(=O)NCOC1CC(C(=O)O)C1. The molecular formula is C21H29N5O7. The molecule has 180 valence electrons. The van der Waals surface area contributed by atoms with Gasteiger partial charge in [-0.2, -0.15) is 0 Å². The first-order chi connectivity index (χ1) is 15.8. The summed E-state index contributed by atoms with van der Waals surface area (Å²) in [5.41, 5.74) is 5.97. The van der Waals surface area contributed by atoms with E-state index >= 15 is 0 Å². The average molecular weight is 463 g/mol. The lowest BCUT2D eigenvalue weighted by Gasteiger charge is -2.31. The number of carboxylic acid groups (broad SMARTS) is 1. The fourth-order valence-corrected chi connectivity index (χ4v) is 3.05. The summed E-state index contributed by atoms with van der Waals surface area (Å²) in [5, 5.41) is 18.6. The average Bonchev–Trinajstić information content (AvgIpc) is 2.77. The number of hydrogen-bond acceptors (Lipinski definition) is 7. The highest BCUT2D eigenvalue weighted by Gasteiger charge is 2.35. The van der Waals surface area contributed by atoms with Gasteiger partial charge in [0.25, 0.3) is 0 Å². The first-order valence-corrected chi connectivity index (χ1v) is 10.5. The van der Waals surface area contributed by atoms with Crippen molar-refractivity contribution in [2.24, 2.45) is 11.7 Å². The highest BCUT2D eigenvalue weighted by molar-refractivity contribution is 5.92. The van der Waals surface area contributed by atoms with Crippen molar-refractivity contribution in [3.05, 3.63) is 35.9 Å². The van der Waals surface area contributed by atoms with Gasteiger partial charge in [0.05, 0.1) is 31.7 Å². The topological polar surface area (TPSA) is 189 Å². The third-order valence-electron chi connectivity index (χ3n) is 5.02. The Morgan fingerprint density at radius 2 is 1.64 bits per heavy atom. The Bertz CT molecular complexity index is 843. The molecule has 7 N–H and O–H groups in total. The number of carboxylic acids is 1. The molecule has 0 aromatic heterocycles. The van der Waals surface area contributed by atoms with E-state index in [0.717, 1.165) is 5.56 Å². The van der Waals surface area contributed by atoms with Crippen LogP contribution in [0.15, 0.2) is 30.3 Å². The molecule has 1 aliphatic rings. The normalized spacial score (nSPS) is 17.7. The van der Waals surface area contributed by atoms with Crippen LogP contribution in [-0.2, 0) is 35.1 Å². The molecule has 1 aromatic rings. The van der Waals surface area contributed by atoms with Gasteiger partial charge in [-0.1, -0.05) is 30.3 Å². The van der Waals surface area contributed by atoms with E-state index in [2.05, 4.69) is 21.3 Å². The zero-order valence-corrected chi connectivity index (χ0v) is 18.0. The maximum atomic E-state index is 12.6. The predicted octanol–water partition coefficient (Wildman–Crippen LogP) is -2.14. The highest BCUT2D eigenvalue weighted by atomic mass is 16.5. The summed E-state index contributed by atoms with van der Waals surface area (Å²) in [4.78, 5) is 58.7. The van der Waals surface area contributed by atoms with Crippen LogP contribution < -0.4 is 27.0 Å². The fraction of sp³-hybridized carbons (Fsp3) is 0.476. The number of benzene rings is 1. The van der Waals surface area contributed by atoms with Gasteiger partial charge in [-0.25, -0.2) is 0 Å². The molecule has 0 radical (unpaired) electrons. The number of rotatable bonds is 13. The van der Waals surface area contributed by atoms with Crippen LogP contribution in [0.25, 0.3) is 0 Å². The second kappa shape index (κ2) is 13.1. The lowest BCUT2D eigenvalue weighted by molar-refractivity contribution is -0.152. The summed E-state index contributed by atoms with van der Waals surface area (Å²) < 4.78 is 5.36. The van der Waals surface area contributed by atoms with Crippen molar-refractivity contribution in [3.8, 4) is 0 Å². The van der Waals surface area contributed by atoms with Crippen molar-refractivity contribution in [2.75, 3.05) is 26.4 Å². The number of nitrogens with two attached hydrogens (primary N) is 1. The van der Waals surface area contributed by atoms with Crippen molar-refractivity contribution >= 4 is 29.6 Å². The van der Waals surface area contributed by atoms with Crippen molar-refractivity contribution in [2.45, 2.75) is 31.4 Å². The Kier molecular flexibility index (Phi) is 10.2. The number of nitrogens with one attached hydrogen (secondary N) is 4. The lowest BCUT2D eigenvalue weighted by Crippen LogP contribution is -2.52. The molecule has 1 fully saturated rings. The highest BCUT2D eigenvalue weighted by Crippen LogP contribution is 2.29. The van der Waals surface area contributed by atoms with Crippen LogP contribution in [0.4, 0.5) is 0 Å². The smallest absolute Gasteiger partial charge is 0.306 e. The second-order valence-electron chi connectivity index (χ2n) is 7.55. The Hall–Kier alpha value is -3.51. The molecule has 0 unspecified atom stereocenters. The maximum Gasteiger partial charge on any atom is 0.306 e. The number of carbonyl (C=O) groups excluding carboxylic acids is 4. The summed E-state index contributed by atoms with van der Waals surface area (Å²) >= 11 is 0. The third-order valence-corrected chi connectivity index (χ3v) is 5.02. The summed E-state index contributed by atoms with van der Waals surface area (Å²) in [7, 11) is 0. The van der Waals surface area contributed by atoms with Gasteiger partial charge in [0.2, 0.25) is 23.6 Å². The van der Waals surface area contributed by atoms with E-state index in [1.54, 1.807) is 24.3 Å². The van der Waals surface area contributed by atoms with Gasteiger partial charge in [-0.3, -0.25) is 24.0 Å². The van der Waals surface area contributed by atoms with Crippen molar-refractivity contribution in [1.29, 1.82) is 0 Å².